The van der Waals surface area contributed by atoms with Gasteiger partial charge in [0.2, 0.25) is 0 Å². The van der Waals surface area contributed by atoms with E-state index < -0.39 is 21.3 Å². The molecule has 4 bridgehead atoms. The van der Waals surface area contributed by atoms with Gasteiger partial charge in [-0.1, -0.05) is 0 Å². The minimum absolute atomic E-state index is 0. The van der Waals surface area contributed by atoms with Gasteiger partial charge in [0.1, 0.15) is 0 Å². The van der Waals surface area contributed by atoms with Crippen LogP contribution in [0.25, 0.3) is 11.1 Å². The third-order valence-corrected chi connectivity index (χ3v) is 19.0. The molecule has 0 heterocycles. The number of hydrogen-bond donors (Lipinski definition) is 0. The second-order valence-electron chi connectivity index (χ2n) is 17.2. The Labute approximate surface area is 282 Å². The SMILES string of the molecule is [CH2]=[Zr+2]([C]1=C(C)C(CC23CC4CC(CC(C4)C2)C3)=CC1C)[CH]1c2ccc(C(C)(C)C)cc2-c2cc(C(C)(C)C)ccc21.[Cl-].[Cl-]. The van der Waals surface area contributed by atoms with Crippen LogP contribution in [0.5, 0.6) is 0 Å². The van der Waals surface area contributed by atoms with Gasteiger partial charge in [0.15, 0.2) is 0 Å². The summed E-state index contributed by atoms with van der Waals surface area (Å²) in [5.41, 5.74) is 13.3. The van der Waals surface area contributed by atoms with Gasteiger partial charge in [-0.2, -0.15) is 0 Å². The molecular weight excluding hydrogens is 643 g/mol. The molecule has 1 atom stereocenters. The van der Waals surface area contributed by atoms with Gasteiger partial charge in [0.25, 0.3) is 0 Å². The molecule has 4 fully saturated rings. The Morgan fingerprint density at radius 2 is 1.21 bits per heavy atom. The average Bonchev–Trinajstić information content (AvgIpc) is 3.33. The summed E-state index contributed by atoms with van der Waals surface area (Å²) in [6.45, 7) is 19.1. The molecule has 0 amide bonds. The second kappa shape index (κ2) is 11.5. The van der Waals surface area contributed by atoms with E-state index in [1.165, 1.54) is 47.9 Å². The van der Waals surface area contributed by atoms with Crippen molar-refractivity contribution in [2.75, 3.05) is 0 Å². The Bertz CT molecular complexity index is 1410. The van der Waals surface area contributed by atoms with Crippen molar-refractivity contribution >= 4 is 4.21 Å². The Hall–Kier alpha value is -0.747. The molecule has 0 radical (unpaired) electrons. The van der Waals surface area contributed by atoms with Gasteiger partial charge < -0.3 is 24.8 Å². The second-order valence-corrected chi connectivity index (χ2v) is 22.5. The van der Waals surface area contributed by atoms with E-state index in [1.807, 2.05) is 0 Å². The Morgan fingerprint density at radius 1 is 0.767 bits per heavy atom. The zero-order valence-electron chi connectivity index (χ0n) is 27.8. The van der Waals surface area contributed by atoms with E-state index in [4.69, 9.17) is 4.21 Å². The number of halogens is 2. The van der Waals surface area contributed by atoms with E-state index in [2.05, 4.69) is 97.9 Å². The fourth-order valence-electron chi connectivity index (χ4n) is 10.4. The molecule has 8 rings (SSSR count). The third-order valence-electron chi connectivity index (χ3n) is 12.0. The zero-order valence-corrected chi connectivity index (χ0v) is 31.8. The van der Waals surface area contributed by atoms with E-state index in [0.717, 1.165) is 17.8 Å². The molecule has 0 N–H and O–H groups in total. The predicted octanol–water partition coefficient (Wildman–Crippen LogP) is 4.87. The number of benzene rings is 2. The maximum Gasteiger partial charge on any atom is -1.00 e. The van der Waals surface area contributed by atoms with Crippen LogP contribution in [0.3, 0.4) is 0 Å². The van der Waals surface area contributed by atoms with Crippen LogP contribution < -0.4 is 24.8 Å². The molecule has 4 saturated carbocycles. The Morgan fingerprint density at radius 3 is 1.63 bits per heavy atom. The van der Waals surface area contributed by atoms with Crippen LogP contribution in [-0.2, 0) is 32.1 Å². The van der Waals surface area contributed by atoms with Gasteiger partial charge in [-0.15, -0.1) is 0 Å². The van der Waals surface area contributed by atoms with Crippen LogP contribution in [0.2, 0.25) is 0 Å². The van der Waals surface area contributed by atoms with Gasteiger partial charge in [0.05, 0.1) is 0 Å². The van der Waals surface area contributed by atoms with Gasteiger partial charge in [-0.25, -0.2) is 0 Å². The fraction of sp³-hybridized carbons (Fsp3) is 0.575. The van der Waals surface area contributed by atoms with Gasteiger partial charge in [0, 0.05) is 0 Å². The van der Waals surface area contributed by atoms with Crippen LogP contribution in [0, 0.1) is 29.1 Å². The number of hydrogen-bond acceptors (Lipinski definition) is 0. The van der Waals surface area contributed by atoms with Crippen molar-refractivity contribution in [3.63, 3.8) is 0 Å². The van der Waals surface area contributed by atoms with E-state index in [9.17, 15) is 0 Å². The summed E-state index contributed by atoms with van der Waals surface area (Å²) in [7, 11) is 0. The molecule has 6 aliphatic carbocycles. The molecule has 0 aliphatic heterocycles. The molecule has 3 heteroatoms. The summed E-state index contributed by atoms with van der Waals surface area (Å²) in [6.07, 6.45) is 13.2. The first kappa shape index (κ1) is 33.6. The van der Waals surface area contributed by atoms with E-state index in [1.54, 1.807) is 44.8 Å². The van der Waals surface area contributed by atoms with Crippen LogP contribution >= 0.6 is 0 Å². The van der Waals surface area contributed by atoms with Crippen molar-refractivity contribution in [3.05, 3.63) is 79.2 Å². The van der Waals surface area contributed by atoms with Crippen LogP contribution in [0.1, 0.15) is 126 Å². The molecule has 43 heavy (non-hydrogen) atoms. The molecule has 0 saturated heterocycles. The molecule has 2 aromatic rings. The average molecular weight is 695 g/mol. The van der Waals surface area contributed by atoms with Crippen molar-refractivity contribution in [1.29, 1.82) is 0 Å². The number of rotatable bonds is 4. The monoisotopic (exact) mass is 692 g/mol. The molecule has 0 spiro atoms. The van der Waals surface area contributed by atoms with Crippen molar-refractivity contribution in [2.45, 2.75) is 115 Å². The minimum atomic E-state index is -2.32. The smallest absolute Gasteiger partial charge is 1.00 e. The molecule has 1 unspecified atom stereocenters. The van der Waals surface area contributed by atoms with Crippen LogP contribution in [0.4, 0.5) is 0 Å². The van der Waals surface area contributed by atoms with E-state index >= 15 is 0 Å². The van der Waals surface area contributed by atoms with Crippen molar-refractivity contribution in [3.8, 4) is 11.1 Å². The standard InChI is InChI=1S/C21H25.C18H25.CH2.2ClH.Zr/c1-20(2,3)16-9-7-14-11-15-8-10-17(21(4,5)6)13-19(15)18(14)12-16;1-12-3-13(2)17(4-12)11-18-8-14-5-15(9-18)7-16(6-14)10-18;;;;/h7-13H,1-6H3;4,12,14-16H,5-11H2,1-2H3;1H2;2*1H;/q;;;;;+2/p-2. The third kappa shape index (κ3) is 5.74. The first-order chi connectivity index (χ1) is 19.2. The van der Waals surface area contributed by atoms with Crippen LogP contribution in [-0.4, -0.2) is 4.21 Å². The van der Waals surface area contributed by atoms with Gasteiger partial charge in [-0.05, 0) is 0 Å². The minimum Gasteiger partial charge on any atom is -1.00 e. The summed E-state index contributed by atoms with van der Waals surface area (Å²) >= 11 is -2.32. The quantitative estimate of drug-likeness (QED) is 0.429. The van der Waals surface area contributed by atoms with E-state index in [0.29, 0.717) is 15.0 Å². The first-order valence-corrected chi connectivity index (χ1v) is 21.0. The molecule has 230 valence electrons. The van der Waals surface area contributed by atoms with E-state index in [-0.39, 0.29) is 35.6 Å². The number of allylic oxidation sites excluding steroid dienone is 4. The number of fused-ring (bicyclic) bond motifs is 3. The normalized spacial score (nSPS) is 29.0. The Balaban J connectivity index is 0.00000184. The zero-order chi connectivity index (χ0) is 29.1. The van der Waals surface area contributed by atoms with Crippen molar-refractivity contribution in [2.24, 2.45) is 29.1 Å². The maximum absolute atomic E-state index is 5.21. The Kier molecular flexibility index (Phi) is 8.99. The molecule has 0 nitrogen and oxygen atoms in total. The van der Waals surface area contributed by atoms with Gasteiger partial charge >= 0.3 is 260 Å². The predicted molar refractivity (Wildman–Crippen MR) is 173 cm³/mol. The van der Waals surface area contributed by atoms with Crippen molar-refractivity contribution < 1.29 is 46.1 Å². The molecule has 6 aliphatic rings. The summed E-state index contributed by atoms with van der Waals surface area (Å²) < 4.78 is 7.53. The summed E-state index contributed by atoms with van der Waals surface area (Å²) in [6, 6.07) is 14.9. The summed E-state index contributed by atoms with van der Waals surface area (Å²) in [5.74, 6) is 3.67. The van der Waals surface area contributed by atoms with Gasteiger partial charge in [-0.3, -0.25) is 0 Å². The molecule has 2 aromatic carbocycles. The van der Waals surface area contributed by atoms with Crippen molar-refractivity contribution in [1.82, 2.24) is 0 Å². The molecular formula is C40H52Cl2Zr. The van der Waals surface area contributed by atoms with Crippen LogP contribution in [0.15, 0.2) is 56.9 Å². The molecule has 0 aromatic heterocycles. The first-order valence-electron chi connectivity index (χ1n) is 16.6. The summed E-state index contributed by atoms with van der Waals surface area (Å²) in [4.78, 5) is 0. The summed E-state index contributed by atoms with van der Waals surface area (Å²) in [5, 5.41) is 0. The topological polar surface area (TPSA) is 0 Å². The maximum atomic E-state index is 5.21. The largest absolute Gasteiger partial charge is 1.00 e. The fourth-order valence-corrected chi connectivity index (χ4v) is 17.4.